The van der Waals surface area contributed by atoms with Crippen molar-refractivity contribution in [2.45, 2.75) is 40.2 Å². The molecule has 1 heterocycles. The second kappa shape index (κ2) is 7.69. The van der Waals surface area contributed by atoms with Crippen molar-refractivity contribution in [3.8, 4) is 0 Å². The lowest BCUT2D eigenvalue weighted by molar-refractivity contribution is 0.513. The smallest absolute Gasteiger partial charge is 0.267 e. The predicted octanol–water partition coefficient (Wildman–Crippen LogP) is 2.34. The minimum Gasteiger partial charge on any atom is -0.316 e. The van der Waals surface area contributed by atoms with E-state index in [1.807, 2.05) is 6.92 Å². The predicted molar refractivity (Wildman–Crippen MR) is 77.9 cm³/mol. The normalized spacial score (nSPS) is 11.2. The monoisotopic (exact) mass is 315 g/mol. The van der Waals surface area contributed by atoms with E-state index in [-0.39, 0.29) is 5.56 Å². The highest BCUT2D eigenvalue weighted by atomic mass is 79.9. The van der Waals surface area contributed by atoms with Crippen molar-refractivity contribution in [1.82, 2.24) is 14.9 Å². The Kier molecular flexibility index (Phi) is 6.57. The van der Waals surface area contributed by atoms with E-state index in [0.29, 0.717) is 10.4 Å². The maximum atomic E-state index is 11.9. The summed E-state index contributed by atoms with van der Waals surface area (Å²) < 4.78 is 2.24. The third-order valence-corrected chi connectivity index (χ3v) is 3.63. The molecule has 0 amide bonds. The van der Waals surface area contributed by atoms with Crippen LogP contribution >= 0.6 is 15.9 Å². The molecule has 0 aromatic carbocycles. The summed E-state index contributed by atoms with van der Waals surface area (Å²) in [7, 11) is 0. The van der Waals surface area contributed by atoms with Crippen molar-refractivity contribution in [2.24, 2.45) is 5.92 Å². The van der Waals surface area contributed by atoms with E-state index in [4.69, 9.17) is 0 Å². The van der Waals surface area contributed by atoms with E-state index in [2.05, 4.69) is 40.1 Å². The Morgan fingerprint density at radius 2 is 2.17 bits per heavy atom. The van der Waals surface area contributed by atoms with E-state index in [9.17, 15) is 4.79 Å². The molecule has 1 aromatic rings. The molecule has 0 bridgehead atoms. The number of nitrogens with one attached hydrogen (secondary N) is 1. The zero-order chi connectivity index (χ0) is 13.5. The molecule has 1 aromatic heterocycles. The Balaban J connectivity index is 2.32. The van der Waals surface area contributed by atoms with Gasteiger partial charge in [0.1, 0.15) is 4.47 Å². The molecular formula is C13H22BrN3O. The second-order valence-electron chi connectivity index (χ2n) is 4.95. The van der Waals surface area contributed by atoms with Gasteiger partial charge in [0.2, 0.25) is 0 Å². The van der Waals surface area contributed by atoms with Gasteiger partial charge in [0.15, 0.2) is 0 Å². The largest absolute Gasteiger partial charge is 0.316 e. The molecule has 0 fully saturated rings. The third-order valence-electron chi connectivity index (χ3n) is 2.71. The summed E-state index contributed by atoms with van der Waals surface area (Å²) in [6, 6.07) is 0. The van der Waals surface area contributed by atoms with Crippen molar-refractivity contribution >= 4 is 15.9 Å². The van der Waals surface area contributed by atoms with Crippen LogP contribution in [-0.2, 0) is 6.54 Å². The van der Waals surface area contributed by atoms with Crippen molar-refractivity contribution in [2.75, 3.05) is 13.1 Å². The van der Waals surface area contributed by atoms with Crippen LogP contribution in [0.3, 0.4) is 0 Å². The first-order chi connectivity index (χ1) is 8.52. The fourth-order valence-corrected chi connectivity index (χ4v) is 1.96. The van der Waals surface area contributed by atoms with Crippen LogP contribution in [-0.4, -0.2) is 22.6 Å². The zero-order valence-electron chi connectivity index (χ0n) is 11.4. The number of rotatable bonds is 7. The van der Waals surface area contributed by atoms with Crippen LogP contribution in [0.15, 0.2) is 15.6 Å². The molecule has 0 aliphatic rings. The second-order valence-corrected chi connectivity index (χ2v) is 5.74. The lowest BCUT2D eigenvalue weighted by atomic mass is 10.2. The maximum absolute atomic E-state index is 11.9. The number of nitrogens with zero attached hydrogens (tertiary/aromatic N) is 2. The molecule has 0 atom stereocenters. The number of hydrogen-bond donors (Lipinski definition) is 1. The highest BCUT2D eigenvalue weighted by Gasteiger charge is 2.04. The van der Waals surface area contributed by atoms with Crippen molar-refractivity contribution in [3.05, 3.63) is 26.8 Å². The molecule has 1 N–H and O–H groups in total. The molecule has 0 aliphatic heterocycles. The van der Waals surface area contributed by atoms with Gasteiger partial charge in [-0.25, -0.2) is 4.98 Å². The first kappa shape index (κ1) is 15.4. The Morgan fingerprint density at radius 1 is 1.44 bits per heavy atom. The van der Waals surface area contributed by atoms with Crippen LogP contribution in [0.4, 0.5) is 0 Å². The lowest BCUT2D eigenvalue weighted by Gasteiger charge is -2.08. The molecule has 1 rings (SSSR count). The van der Waals surface area contributed by atoms with Gasteiger partial charge in [-0.3, -0.25) is 9.36 Å². The number of unbranched alkanes of at least 4 members (excludes halogenated alkanes) is 1. The van der Waals surface area contributed by atoms with Gasteiger partial charge < -0.3 is 5.32 Å². The molecule has 0 saturated carbocycles. The van der Waals surface area contributed by atoms with E-state index in [1.165, 1.54) is 0 Å². The topological polar surface area (TPSA) is 46.9 Å². The molecule has 5 heteroatoms. The van der Waals surface area contributed by atoms with Gasteiger partial charge in [0, 0.05) is 6.54 Å². The van der Waals surface area contributed by atoms with E-state index in [1.54, 1.807) is 10.9 Å². The molecule has 4 nitrogen and oxygen atoms in total. The van der Waals surface area contributed by atoms with Crippen molar-refractivity contribution < 1.29 is 0 Å². The molecular weight excluding hydrogens is 294 g/mol. The number of aromatic nitrogens is 2. The third kappa shape index (κ3) is 4.90. The molecule has 102 valence electrons. The standard InChI is InChI=1S/C13H22BrN3O/c1-10(2)8-15-6-4-5-7-17-9-16-11(3)12(14)13(17)18/h9-10,15H,4-8H2,1-3H3. The van der Waals surface area contributed by atoms with Gasteiger partial charge in [0.05, 0.1) is 12.0 Å². The highest BCUT2D eigenvalue weighted by Crippen LogP contribution is 2.06. The Labute approximate surface area is 117 Å². The summed E-state index contributed by atoms with van der Waals surface area (Å²) in [6.07, 6.45) is 3.69. The van der Waals surface area contributed by atoms with Crippen LogP contribution in [0.2, 0.25) is 0 Å². The van der Waals surface area contributed by atoms with Crippen molar-refractivity contribution in [1.29, 1.82) is 0 Å². The average molecular weight is 316 g/mol. The van der Waals surface area contributed by atoms with Gasteiger partial charge in [-0.15, -0.1) is 0 Å². The minimum atomic E-state index is 0.0117. The van der Waals surface area contributed by atoms with Gasteiger partial charge >= 0.3 is 0 Å². The summed E-state index contributed by atoms with van der Waals surface area (Å²) in [5.41, 5.74) is 0.757. The molecule has 0 aliphatic carbocycles. The maximum Gasteiger partial charge on any atom is 0.267 e. The quantitative estimate of drug-likeness (QED) is 0.786. The van der Waals surface area contributed by atoms with Gasteiger partial charge in [-0.1, -0.05) is 13.8 Å². The summed E-state index contributed by atoms with van der Waals surface area (Å²) in [5, 5.41) is 3.39. The zero-order valence-corrected chi connectivity index (χ0v) is 13.0. The Bertz CT molecular complexity index is 429. The Morgan fingerprint density at radius 3 is 2.83 bits per heavy atom. The van der Waals surface area contributed by atoms with E-state index >= 15 is 0 Å². The molecule has 0 radical (unpaired) electrons. The summed E-state index contributed by atoms with van der Waals surface area (Å²) in [6.45, 7) is 9.01. The van der Waals surface area contributed by atoms with Crippen LogP contribution in [0.5, 0.6) is 0 Å². The van der Waals surface area contributed by atoms with Gasteiger partial charge in [0.25, 0.3) is 5.56 Å². The minimum absolute atomic E-state index is 0.0117. The SMILES string of the molecule is Cc1ncn(CCCCNCC(C)C)c(=O)c1Br. The van der Waals surface area contributed by atoms with E-state index in [0.717, 1.165) is 38.2 Å². The fraction of sp³-hybridized carbons (Fsp3) is 0.692. The summed E-state index contributed by atoms with van der Waals surface area (Å²) >= 11 is 3.27. The first-order valence-electron chi connectivity index (χ1n) is 6.44. The Hall–Kier alpha value is -0.680. The summed E-state index contributed by atoms with van der Waals surface area (Å²) in [4.78, 5) is 16.0. The number of halogens is 1. The average Bonchev–Trinajstić information content (AvgIpc) is 2.33. The first-order valence-corrected chi connectivity index (χ1v) is 7.24. The van der Waals surface area contributed by atoms with Gasteiger partial charge in [-0.2, -0.15) is 0 Å². The van der Waals surface area contributed by atoms with Crippen molar-refractivity contribution in [3.63, 3.8) is 0 Å². The summed E-state index contributed by atoms with van der Waals surface area (Å²) in [5.74, 6) is 0.685. The fourth-order valence-electron chi connectivity index (χ4n) is 1.63. The molecule has 18 heavy (non-hydrogen) atoms. The van der Waals surface area contributed by atoms with Crippen LogP contribution < -0.4 is 10.9 Å². The van der Waals surface area contributed by atoms with Crippen LogP contribution in [0, 0.1) is 12.8 Å². The molecule has 0 spiro atoms. The van der Waals surface area contributed by atoms with E-state index < -0.39 is 0 Å². The number of aryl methyl sites for hydroxylation is 2. The lowest BCUT2D eigenvalue weighted by Crippen LogP contribution is -2.24. The molecule has 0 unspecified atom stereocenters. The highest BCUT2D eigenvalue weighted by molar-refractivity contribution is 9.10. The van der Waals surface area contributed by atoms with Gasteiger partial charge in [-0.05, 0) is 54.7 Å². The number of hydrogen-bond acceptors (Lipinski definition) is 3. The van der Waals surface area contributed by atoms with Crippen LogP contribution in [0.1, 0.15) is 32.4 Å². The molecule has 0 saturated heterocycles. The van der Waals surface area contributed by atoms with Crippen LogP contribution in [0.25, 0.3) is 0 Å².